The van der Waals surface area contributed by atoms with Gasteiger partial charge in [0.05, 0.1) is 6.04 Å². The topological polar surface area (TPSA) is 37.4 Å². The predicted molar refractivity (Wildman–Crippen MR) is 41.0 cm³/mol. The number of hydrogen-bond acceptors (Lipinski definition) is 2. The van der Waals surface area contributed by atoms with Gasteiger partial charge in [0.25, 0.3) is 0 Å². The smallest absolute Gasteiger partial charge is 0.223 e. The van der Waals surface area contributed by atoms with Gasteiger partial charge in [0.1, 0.15) is 6.29 Å². The number of amides is 1. The summed E-state index contributed by atoms with van der Waals surface area (Å²) in [7, 11) is 0. The van der Waals surface area contributed by atoms with Crippen LogP contribution in [0.15, 0.2) is 12.7 Å². The third-order valence-electron chi connectivity index (χ3n) is 1.86. The van der Waals surface area contributed by atoms with Gasteiger partial charge in [-0.25, -0.2) is 0 Å². The molecule has 0 aromatic carbocycles. The molecule has 3 heteroatoms. The lowest BCUT2D eigenvalue weighted by molar-refractivity contribution is -0.130. The van der Waals surface area contributed by atoms with Crippen molar-refractivity contribution in [2.45, 2.75) is 18.9 Å². The number of nitrogens with zero attached hydrogens (tertiary/aromatic N) is 1. The molecule has 60 valence electrons. The maximum Gasteiger partial charge on any atom is 0.223 e. The largest absolute Gasteiger partial charge is 0.329 e. The molecule has 0 saturated carbocycles. The molecule has 3 nitrogen and oxygen atoms in total. The molecule has 1 atom stereocenters. The average molecular weight is 153 g/mol. The van der Waals surface area contributed by atoms with Crippen molar-refractivity contribution in [1.29, 1.82) is 0 Å². The first-order valence-electron chi connectivity index (χ1n) is 3.65. The molecule has 11 heavy (non-hydrogen) atoms. The molecule has 0 aromatic rings. The molecule has 1 aliphatic rings. The second-order valence-electron chi connectivity index (χ2n) is 2.58. The summed E-state index contributed by atoms with van der Waals surface area (Å²) in [5.74, 6) is 0.0574. The summed E-state index contributed by atoms with van der Waals surface area (Å²) in [6.07, 6.45) is 3.63. The van der Waals surface area contributed by atoms with Gasteiger partial charge in [-0.05, 0) is 6.42 Å². The van der Waals surface area contributed by atoms with Crippen LogP contribution < -0.4 is 0 Å². The molecule has 0 N–H and O–H groups in total. The maximum atomic E-state index is 11.1. The molecule has 0 spiro atoms. The Morgan fingerprint density at radius 2 is 2.45 bits per heavy atom. The Hall–Kier alpha value is -1.12. The lowest BCUT2D eigenvalue weighted by atomic mass is 10.2. The van der Waals surface area contributed by atoms with Crippen molar-refractivity contribution in [3.63, 3.8) is 0 Å². The highest BCUT2D eigenvalue weighted by Crippen LogP contribution is 2.15. The highest BCUT2D eigenvalue weighted by molar-refractivity contribution is 5.83. The monoisotopic (exact) mass is 153 g/mol. The van der Waals surface area contributed by atoms with E-state index in [4.69, 9.17) is 0 Å². The van der Waals surface area contributed by atoms with Crippen molar-refractivity contribution in [3.05, 3.63) is 12.7 Å². The van der Waals surface area contributed by atoms with Crippen LogP contribution in [0.3, 0.4) is 0 Å². The fraction of sp³-hybridized carbons (Fsp3) is 0.500. The third-order valence-corrected chi connectivity index (χ3v) is 1.86. The van der Waals surface area contributed by atoms with Gasteiger partial charge in [0.15, 0.2) is 0 Å². The van der Waals surface area contributed by atoms with Crippen molar-refractivity contribution in [2.24, 2.45) is 0 Å². The second-order valence-corrected chi connectivity index (χ2v) is 2.58. The first-order chi connectivity index (χ1) is 5.29. The summed E-state index contributed by atoms with van der Waals surface area (Å²) in [5.41, 5.74) is 0. The van der Waals surface area contributed by atoms with Gasteiger partial charge in [0, 0.05) is 13.0 Å². The fourth-order valence-electron chi connectivity index (χ4n) is 1.27. The fourth-order valence-corrected chi connectivity index (χ4v) is 1.27. The summed E-state index contributed by atoms with van der Waals surface area (Å²) >= 11 is 0. The van der Waals surface area contributed by atoms with Crippen LogP contribution in [0.2, 0.25) is 0 Å². The van der Waals surface area contributed by atoms with E-state index in [1.54, 1.807) is 11.0 Å². The van der Waals surface area contributed by atoms with E-state index in [1.165, 1.54) is 0 Å². The molecule has 1 fully saturated rings. The summed E-state index contributed by atoms with van der Waals surface area (Å²) in [5, 5.41) is 0. The molecule has 1 unspecified atom stereocenters. The third kappa shape index (κ3) is 1.48. The highest BCUT2D eigenvalue weighted by atomic mass is 16.2. The standard InChI is InChI=1S/C8H11NO2/c1-2-5-9-7(6-10)3-4-8(9)11/h2,6-7H,1,3-5H2. The zero-order valence-corrected chi connectivity index (χ0v) is 6.32. The van der Waals surface area contributed by atoms with Crippen LogP contribution in [-0.4, -0.2) is 29.7 Å². The quantitative estimate of drug-likeness (QED) is 0.433. The minimum Gasteiger partial charge on any atom is -0.329 e. The van der Waals surface area contributed by atoms with Gasteiger partial charge in [-0.1, -0.05) is 6.08 Å². The molecule has 0 aliphatic carbocycles. The molecule has 1 amide bonds. The number of hydrogen-bond donors (Lipinski definition) is 0. The van der Waals surface area contributed by atoms with Crippen LogP contribution >= 0.6 is 0 Å². The van der Waals surface area contributed by atoms with Crippen molar-refractivity contribution >= 4 is 12.2 Å². The number of rotatable bonds is 3. The number of aldehydes is 1. The summed E-state index contributed by atoms with van der Waals surface area (Å²) in [6, 6.07) is -0.208. The highest BCUT2D eigenvalue weighted by Gasteiger charge is 2.28. The lowest BCUT2D eigenvalue weighted by Gasteiger charge is -2.17. The summed E-state index contributed by atoms with van der Waals surface area (Å²) < 4.78 is 0. The first kappa shape index (κ1) is 7.98. The molecular weight excluding hydrogens is 142 g/mol. The normalized spacial score (nSPS) is 23.8. The van der Waals surface area contributed by atoms with Crippen LogP contribution in [0.4, 0.5) is 0 Å². The van der Waals surface area contributed by atoms with Gasteiger partial charge in [-0.2, -0.15) is 0 Å². The Morgan fingerprint density at radius 1 is 1.73 bits per heavy atom. The number of carbonyl (C=O) groups excluding carboxylic acids is 2. The zero-order valence-electron chi connectivity index (χ0n) is 6.32. The van der Waals surface area contributed by atoms with Crippen LogP contribution in [0, 0.1) is 0 Å². The van der Waals surface area contributed by atoms with E-state index < -0.39 is 0 Å². The van der Waals surface area contributed by atoms with Crippen molar-refractivity contribution in [2.75, 3.05) is 6.54 Å². The average Bonchev–Trinajstić information content (AvgIpc) is 2.34. The Morgan fingerprint density at radius 3 is 3.00 bits per heavy atom. The lowest BCUT2D eigenvalue weighted by Crippen LogP contribution is -2.33. The van der Waals surface area contributed by atoms with Gasteiger partial charge in [-0.15, -0.1) is 6.58 Å². The van der Waals surface area contributed by atoms with E-state index in [-0.39, 0.29) is 11.9 Å². The van der Waals surface area contributed by atoms with Crippen molar-refractivity contribution in [1.82, 2.24) is 4.90 Å². The molecule has 0 radical (unpaired) electrons. The minimum absolute atomic E-state index is 0.0574. The molecular formula is C8H11NO2. The molecule has 1 heterocycles. The number of likely N-dealkylation sites (tertiary alicyclic amines) is 1. The van der Waals surface area contributed by atoms with E-state index >= 15 is 0 Å². The van der Waals surface area contributed by atoms with Gasteiger partial charge in [-0.3, -0.25) is 4.79 Å². The van der Waals surface area contributed by atoms with Crippen LogP contribution in [0.5, 0.6) is 0 Å². The Bertz CT molecular complexity index is 189. The van der Waals surface area contributed by atoms with E-state index in [1.807, 2.05) is 0 Å². The minimum atomic E-state index is -0.208. The Balaban J connectivity index is 2.62. The molecule has 1 saturated heterocycles. The second kappa shape index (κ2) is 3.32. The SMILES string of the molecule is C=CCN1C(=O)CCC1C=O. The zero-order chi connectivity index (χ0) is 8.27. The summed E-state index contributed by atoms with van der Waals surface area (Å²) in [4.78, 5) is 23.0. The van der Waals surface area contributed by atoms with Gasteiger partial charge < -0.3 is 9.69 Å². The van der Waals surface area contributed by atoms with Crippen molar-refractivity contribution in [3.8, 4) is 0 Å². The molecule has 0 bridgehead atoms. The Labute approximate surface area is 65.7 Å². The van der Waals surface area contributed by atoms with E-state index in [0.29, 0.717) is 19.4 Å². The van der Waals surface area contributed by atoms with E-state index in [9.17, 15) is 9.59 Å². The molecule has 1 rings (SSSR count). The summed E-state index contributed by atoms with van der Waals surface area (Å²) in [6.45, 7) is 4.01. The van der Waals surface area contributed by atoms with E-state index in [0.717, 1.165) is 6.29 Å². The van der Waals surface area contributed by atoms with E-state index in [2.05, 4.69) is 6.58 Å². The van der Waals surface area contributed by atoms with Gasteiger partial charge >= 0.3 is 0 Å². The van der Waals surface area contributed by atoms with Crippen LogP contribution in [0.25, 0.3) is 0 Å². The van der Waals surface area contributed by atoms with Crippen LogP contribution in [0.1, 0.15) is 12.8 Å². The van der Waals surface area contributed by atoms with Crippen LogP contribution in [-0.2, 0) is 9.59 Å². The number of carbonyl (C=O) groups is 2. The first-order valence-corrected chi connectivity index (χ1v) is 3.65. The molecule has 1 aliphatic heterocycles. The predicted octanol–water partition coefficient (Wildman–Crippen LogP) is 0.362. The molecule has 0 aromatic heterocycles. The Kier molecular flexibility index (Phi) is 2.41. The van der Waals surface area contributed by atoms with Gasteiger partial charge in [0.2, 0.25) is 5.91 Å². The maximum absolute atomic E-state index is 11.1. The van der Waals surface area contributed by atoms with Crippen molar-refractivity contribution < 1.29 is 9.59 Å².